The zero-order valence-corrected chi connectivity index (χ0v) is 19.0. The number of rotatable bonds is 5. The van der Waals surface area contributed by atoms with E-state index < -0.39 is 34.8 Å². The number of benzene rings is 3. The summed E-state index contributed by atoms with van der Waals surface area (Å²) in [4.78, 5) is 44.6. The van der Waals surface area contributed by atoms with Gasteiger partial charge < -0.3 is 9.84 Å². The molecule has 2 amide bonds. The van der Waals surface area contributed by atoms with Gasteiger partial charge in [0.25, 0.3) is 11.6 Å². The van der Waals surface area contributed by atoms with Crippen molar-refractivity contribution in [2.75, 3.05) is 17.1 Å². The minimum Gasteiger partial charge on any atom is -0.504 e. The van der Waals surface area contributed by atoms with Gasteiger partial charge in [-0.15, -0.1) is 0 Å². The Hall–Kier alpha value is -4.15. The minimum atomic E-state index is -1.13. The molecule has 10 nitrogen and oxygen atoms in total. The van der Waals surface area contributed by atoms with Gasteiger partial charge in [-0.2, -0.15) is 0 Å². The first-order valence-electron chi connectivity index (χ1n) is 10.5. The average molecular weight is 496 g/mol. The smallest absolute Gasteiger partial charge is 0.269 e. The number of carbonyl (C=O) groups excluding carboxylic acids is 2. The number of hydroxylamine groups is 1. The molecule has 0 radical (unpaired) electrons. The molecule has 3 unspecified atom stereocenters. The van der Waals surface area contributed by atoms with Crippen LogP contribution in [-0.4, -0.2) is 35.1 Å². The van der Waals surface area contributed by atoms with Crippen molar-refractivity contribution in [3.05, 3.63) is 87.4 Å². The number of amides is 2. The number of nitro groups is 1. The summed E-state index contributed by atoms with van der Waals surface area (Å²) >= 11 is 5.95. The van der Waals surface area contributed by atoms with E-state index >= 15 is 0 Å². The maximum atomic E-state index is 13.6. The Kier molecular flexibility index (Phi) is 5.54. The first-order valence-corrected chi connectivity index (χ1v) is 10.9. The van der Waals surface area contributed by atoms with Crippen molar-refractivity contribution < 1.29 is 29.2 Å². The number of methoxy groups -OCH3 is 1. The van der Waals surface area contributed by atoms with Crippen LogP contribution in [0.4, 0.5) is 17.1 Å². The molecule has 3 atom stereocenters. The highest BCUT2D eigenvalue weighted by Gasteiger charge is 2.60. The van der Waals surface area contributed by atoms with Gasteiger partial charge in [0.1, 0.15) is 5.92 Å². The molecule has 0 bridgehead atoms. The van der Waals surface area contributed by atoms with Crippen LogP contribution < -0.4 is 14.7 Å². The lowest BCUT2D eigenvalue weighted by Crippen LogP contribution is -2.37. The molecule has 11 heteroatoms. The number of halogens is 1. The molecule has 1 N–H and O–H groups in total. The lowest BCUT2D eigenvalue weighted by molar-refractivity contribution is -0.384. The summed E-state index contributed by atoms with van der Waals surface area (Å²) in [5.74, 6) is -1.85. The number of anilines is 2. The maximum absolute atomic E-state index is 13.6. The van der Waals surface area contributed by atoms with Gasteiger partial charge in [0, 0.05) is 17.2 Å². The molecule has 35 heavy (non-hydrogen) atoms. The number of nitro benzene ring substituents is 1. The van der Waals surface area contributed by atoms with Crippen LogP contribution in [-0.2, 0) is 14.4 Å². The molecule has 2 aliphatic heterocycles. The summed E-state index contributed by atoms with van der Waals surface area (Å²) in [6.45, 7) is 0. The highest BCUT2D eigenvalue weighted by atomic mass is 35.5. The van der Waals surface area contributed by atoms with Gasteiger partial charge in [-0.3, -0.25) is 24.5 Å². The van der Waals surface area contributed by atoms with Crippen molar-refractivity contribution >= 4 is 40.5 Å². The predicted molar refractivity (Wildman–Crippen MR) is 125 cm³/mol. The molecule has 2 fully saturated rings. The SMILES string of the molecule is COc1cc(C2C3C(=O)N(c4ccc(Cl)cc4)C(=O)C3ON2c2ccc([N+](=O)[O-])cc2)ccc1O. The van der Waals surface area contributed by atoms with Crippen LogP contribution in [0.5, 0.6) is 11.5 Å². The van der Waals surface area contributed by atoms with E-state index in [1.807, 2.05) is 0 Å². The zero-order chi connectivity index (χ0) is 24.9. The number of non-ortho nitro benzene ring substituents is 1. The zero-order valence-electron chi connectivity index (χ0n) is 18.2. The number of phenolic OH excluding ortho intramolecular Hbond substituents is 1. The number of imide groups is 1. The molecule has 5 rings (SSSR count). The van der Waals surface area contributed by atoms with Gasteiger partial charge in [-0.25, -0.2) is 9.96 Å². The van der Waals surface area contributed by atoms with Gasteiger partial charge in [0.2, 0.25) is 5.91 Å². The molecule has 2 heterocycles. The summed E-state index contributed by atoms with van der Waals surface area (Å²) in [6.07, 6.45) is -1.13. The topological polar surface area (TPSA) is 122 Å². The Balaban J connectivity index is 1.59. The Morgan fingerprint density at radius 1 is 1.00 bits per heavy atom. The highest BCUT2D eigenvalue weighted by Crippen LogP contribution is 2.48. The van der Waals surface area contributed by atoms with Gasteiger partial charge in [-0.05, 0) is 54.1 Å². The summed E-state index contributed by atoms with van der Waals surface area (Å²) in [7, 11) is 1.40. The quantitative estimate of drug-likeness (QED) is 0.320. The molecule has 0 spiro atoms. The summed E-state index contributed by atoms with van der Waals surface area (Å²) in [6, 6.07) is 15.7. The third-order valence-corrected chi connectivity index (χ3v) is 6.31. The van der Waals surface area contributed by atoms with Crippen LogP contribution in [0.1, 0.15) is 11.6 Å². The highest BCUT2D eigenvalue weighted by molar-refractivity contribution is 6.31. The van der Waals surface area contributed by atoms with E-state index in [4.69, 9.17) is 21.2 Å². The van der Waals surface area contributed by atoms with Gasteiger partial charge in [0.05, 0.1) is 29.4 Å². The van der Waals surface area contributed by atoms with E-state index in [1.165, 1.54) is 42.5 Å². The molecule has 178 valence electrons. The Bertz CT molecular complexity index is 1330. The number of phenols is 1. The standard InChI is InChI=1S/C24H18ClN3O7/c1-34-19-12-13(2-11-18(19)29)21-20-22(35-27(21)16-7-9-17(10-8-16)28(32)33)24(31)26(23(20)30)15-5-3-14(25)4-6-15/h2-12,20-22,29H,1H3. The molecule has 0 aromatic heterocycles. The van der Waals surface area contributed by atoms with Gasteiger partial charge >= 0.3 is 0 Å². The van der Waals surface area contributed by atoms with Crippen molar-refractivity contribution in [2.45, 2.75) is 12.1 Å². The van der Waals surface area contributed by atoms with E-state index in [9.17, 15) is 24.8 Å². The fourth-order valence-corrected chi connectivity index (χ4v) is 4.55. The predicted octanol–water partition coefficient (Wildman–Crippen LogP) is 4.01. The van der Waals surface area contributed by atoms with Crippen LogP contribution in [0.2, 0.25) is 5.02 Å². The monoisotopic (exact) mass is 495 g/mol. The van der Waals surface area contributed by atoms with Crippen LogP contribution in [0.25, 0.3) is 0 Å². The Morgan fingerprint density at radius 2 is 1.66 bits per heavy atom. The van der Waals surface area contributed by atoms with Gasteiger partial charge in [-0.1, -0.05) is 17.7 Å². The third kappa shape index (κ3) is 3.72. The number of hydrogen-bond acceptors (Lipinski definition) is 8. The van der Waals surface area contributed by atoms with Crippen LogP contribution >= 0.6 is 11.6 Å². The first kappa shape index (κ1) is 22.6. The lowest BCUT2D eigenvalue weighted by Gasteiger charge is -2.29. The van der Waals surface area contributed by atoms with Crippen molar-refractivity contribution in [3.8, 4) is 11.5 Å². The first-order chi connectivity index (χ1) is 16.8. The number of aromatic hydroxyl groups is 1. The molecule has 2 saturated heterocycles. The molecule has 0 aliphatic carbocycles. The van der Waals surface area contributed by atoms with E-state index in [0.29, 0.717) is 22.0 Å². The minimum absolute atomic E-state index is 0.0924. The second-order valence-corrected chi connectivity index (χ2v) is 8.45. The fourth-order valence-electron chi connectivity index (χ4n) is 4.42. The summed E-state index contributed by atoms with van der Waals surface area (Å²) < 4.78 is 5.23. The van der Waals surface area contributed by atoms with Crippen LogP contribution in [0.3, 0.4) is 0 Å². The molecule has 0 saturated carbocycles. The molecule has 3 aromatic rings. The number of carbonyl (C=O) groups is 2. The summed E-state index contributed by atoms with van der Waals surface area (Å²) in [5, 5.41) is 23.0. The van der Waals surface area contributed by atoms with Crippen molar-refractivity contribution in [2.24, 2.45) is 5.92 Å². The van der Waals surface area contributed by atoms with E-state index in [0.717, 1.165) is 4.90 Å². The number of nitrogens with zero attached hydrogens (tertiary/aromatic N) is 3. The summed E-state index contributed by atoms with van der Waals surface area (Å²) in [5.41, 5.74) is 1.22. The lowest BCUT2D eigenvalue weighted by atomic mass is 9.90. The second kappa shape index (κ2) is 8.57. The largest absolute Gasteiger partial charge is 0.504 e. The number of ether oxygens (including phenoxy) is 1. The third-order valence-electron chi connectivity index (χ3n) is 6.06. The van der Waals surface area contributed by atoms with Crippen LogP contribution in [0, 0.1) is 16.0 Å². The van der Waals surface area contributed by atoms with E-state index in [-0.39, 0.29) is 17.2 Å². The van der Waals surface area contributed by atoms with Crippen LogP contribution in [0.15, 0.2) is 66.7 Å². The maximum Gasteiger partial charge on any atom is 0.269 e. The van der Waals surface area contributed by atoms with E-state index in [2.05, 4.69) is 0 Å². The normalized spacial score (nSPS) is 21.4. The second-order valence-electron chi connectivity index (χ2n) is 8.02. The molecular formula is C24H18ClN3O7. The van der Waals surface area contributed by atoms with Gasteiger partial charge in [0.15, 0.2) is 17.6 Å². The average Bonchev–Trinajstić information content (AvgIpc) is 3.36. The van der Waals surface area contributed by atoms with Crippen molar-refractivity contribution in [3.63, 3.8) is 0 Å². The number of fused-ring (bicyclic) bond motifs is 1. The molecule has 3 aromatic carbocycles. The fraction of sp³-hybridized carbons (Fsp3) is 0.167. The van der Waals surface area contributed by atoms with Crippen molar-refractivity contribution in [1.29, 1.82) is 0 Å². The molecular weight excluding hydrogens is 478 g/mol. The Morgan fingerprint density at radius 3 is 2.29 bits per heavy atom. The number of hydrogen-bond donors (Lipinski definition) is 1. The van der Waals surface area contributed by atoms with Crippen molar-refractivity contribution in [1.82, 2.24) is 0 Å². The molecule has 2 aliphatic rings. The van der Waals surface area contributed by atoms with E-state index in [1.54, 1.807) is 36.4 Å². The Labute approximate surface area is 203 Å².